The van der Waals surface area contributed by atoms with E-state index in [0.717, 1.165) is 11.3 Å². The number of aliphatic hydroxyl groups excluding tert-OH is 1. The van der Waals surface area contributed by atoms with Crippen LogP contribution in [0.2, 0.25) is 5.02 Å². The molecule has 3 nitrogen and oxygen atoms in total. The van der Waals surface area contributed by atoms with E-state index in [9.17, 15) is 5.11 Å². The van der Waals surface area contributed by atoms with E-state index in [1.165, 1.54) is 0 Å². The Labute approximate surface area is 117 Å². The van der Waals surface area contributed by atoms with Gasteiger partial charge in [-0.05, 0) is 48.9 Å². The zero-order valence-corrected chi connectivity index (χ0v) is 11.5. The molecule has 2 rings (SSSR count). The Kier molecular flexibility index (Phi) is 4.30. The fraction of sp³-hybridized carbons (Fsp3) is 0.200. The maximum Gasteiger partial charge on any atom is 0.146 e. The highest BCUT2D eigenvalue weighted by molar-refractivity contribution is 6.32. The first-order valence-corrected chi connectivity index (χ1v) is 6.27. The van der Waals surface area contributed by atoms with Gasteiger partial charge in [0.1, 0.15) is 17.2 Å². The smallest absolute Gasteiger partial charge is 0.146 e. The fourth-order valence-electron chi connectivity index (χ4n) is 1.63. The third-order valence-electron chi connectivity index (χ3n) is 2.73. The average molecular weight is 279 g/mol. The number of hydrogen-bond donors (Lipinski definition) is 1. The van der Waals surface area contributed by atoms with E-state index in [-0.39, 0.29) is 0 Å². The number of benzene rings is 2. The van der Waals surface area contributed by atoms with Crippen LogP contribution in [0.3, 0.4) is 0 Å². The summed E-state index contributed by atoms with van der Waals surface area (Å²) in [6.07, 6.45) is -0.549. The summed E-state index contributed by atoms with van der Waals surface area (Å²) >= 11 is 6.12. The first-order valence-electron chi connectivity index (χ1n) is 5.89. The van der Waals surface area contributed by atoms with Gasteiger partial charge in [-0.2, -0.15) is 0 Å². The van der Waals surface area contributed by atoms with Gasteiger partial charge in [-0.15, -0.1) is 0 Å². The monoisotopic (exact) mass is 278 g/mol. The zero-order valence-electron chi connectivity index (χ0n) is 10.8. The SMILES string of the molecule is COc1ccc(Oc2ccc([C@H](C)O)cc2Cl)cc1. The van der Waals surface area contributed by atoms with E-state index in [0.29, 0.717) is 16.5 Å². The van der Waals surface area contributed by atoms with Gasteiger partial charge in [-0.3, -0.25) is 0 Å². The van der Waals surface area contributed by atoms with Crippen LogP contribution in [0.4, 0.5) is 0 Å². The van der Waals surface area contributed by atoms with Crippen molar-refractivity contribution in [1.29, 1.82) is 0 Å². The number of halogens is 1. The van der Waals surface area contributed by atoms with Crippen LogP contribution < -0.4 is 9.47 Å². The summed E-state index contributed by atoms with van der Waals surface area (Å²) in [5.41, 5.74) is 0.757. The summed E-state index contributed by atoms with van der Waals surface area (Å²) in [6, 6.07) is 12.5. The number of hydrogen-bond acceptors (Lipinski definition) is 3. The van der Waals surface area contributed by atoms with Crippen LogP contribution in [0.25, 0.3) is 0 Å². The molecule has 1 N–H and O–H groups in total. The van der Waals surface area contributed by atoms with E-state index in [1.54, 1.807) is 44.4 Å². The number of aliphatic hydroxyl groups is 1. The van der Waals surface area contributed by atoms with Crippen LogP contribution in [0.1, 0.15) is 18.6 Å². The molecule has 0 unspecified atom stereocenters. The molecule has 0 aliphatic heterocycles. The van der Waals surface area contributed by atoms with Crippen LogP contribution >= 0.6 is 11.6 Å². The van der Waals surface area contributed by atoms with Crippen molar-refractivity contribution >= 4 is 11.6 Å². The molecule has 0 aromatic heterocycles. The molecule has 19 heavy (non-hydrogen) atoms. The molecule has 0 radical (unpaired) electrons. The van der Waals surface area contributed by atoms with Crippen LogP contribution in [0, 0.1) is 0 Å². The first kappa shape index (κ1) is 13.7. The second kappa shape index (κ2) is 5.95. The van der Waals surface area contributed by atoms with Crippen molar-refractivity contribution in [2.45, 2.75) is 13.0 Å². The quantitative estimate of drug-likeness (QED) is 0.911. The van der Waals surface area contributed by atoms with Crippen molar-refractivity contribution in [3.63, 3.8) is 0 Å². The molecule has 100 valence electrons. The normalized spacial score (nSPS) is 12.0. The van der Waals surface area contributed by atoms with Crippen molar-refractivity contribution in [3.05, 3.63) is 53.1 Å². The molecule has 0 spiro atoms. The van der Waals surface area contributed by atoms with Gasteiger partial charge < -0.3 is 14.6 Å². The van der Waals surface area contributed by atoms with Crippen LogP contribution in [-0.4, -0.2) is 12.2 Å². The predicted molar refractivity (Wildman–Crippen MR) is 75.2 cm³/mol. The Balaban J connectivity index is 2.18. The summed E-state index contributed by atoms with van der Waals surface area (Å²) in [7, 11) is 1.61. The Hall–Kier alpha value is -1.71. The fourth-order valence-corrected chi connectivity index (χ4v) is 1.86. The molecule has 2 aromatic rings. The number of rotatable bonds is 4. The minimum Gasteiger partial charge on any atom is -0.497 e. The minimum absolute atomic E-state index is 0.467. The van der Waals surface area contributed by atoms with Gasteiger partial charge in [0.15, 0.2) is 0 Å². The maximum atomic E-state index is 9.47. The lowest BCUT2D eigenvalue weighted by Crippen LogP contribution is -1.92. The van der Waals surface area contributed by atoms with Gasteiger partial charge in [-0.1, -0.05) is 17.7 Å². The summed E-state index contributed by atoms with van der Waals surface area (Å²) in [4.78, 5) is 0. The largest absolute Gasteiger partial charge is 0.497 e. The molecule has 0 amide bonds. The van der Waals surface area contributed by atoms with Crippen molar-refractivity contribution in [2.24, 2.45) is 0 Å². The molecule has 0 heterocycles. The molecule has 2 aromatic carbocycles. The minimum atomic E-state index is -0.549. The third-order valence-corrected chi connectivity index (χ3v) is 3.02. The average Bonchev–Trinajstić information content (AvgIpc) is 2.41. The zero-order chi connectivity index (χ0) is 13.8. The van der Waals surface area contributed by atoms with Crippen molar-refractivity contribution in [3.8, 4) is 17.2 Å². The summed E-state index contributed by atoms with van der Waals surface area (Å²) in [6.45, 7) is 1.69. The van der Waals surface area contributed by atoms with Gasteiger partial charge in [-0.25, -0.2) is 0 Å². The molecule has 4 heteroatoms. The van der Waals surface area contributed by atoms with Gasteiger partial charge >= 0.3 is 0 Å². The van der Waals surface area contributed by atoms with Crippen molar-refractivity contribution in [1.82, 2.24) is 0 Å². The van der Waals surface area contributed by atoms with E-state index < -0.39 is 6.10 Å². The lowest BCUT2D eigenvalue weighted by molar-refractivity contribution is 0.199. The molecule has 0 fully saturated rings. The lowest BCUT2D eigenvalue weighted by Gasteiger charge is -2.11. The lowest BCUT2D eigenvalue weighted by atomic mass is 10.1. The summed E-state index contributed by atoms with van der Waals surface area (Å²) < 4.78 is 10.8. The van der Waals surface area contributed by atoms with Gasteiger partial charge in [0, 0.05) is 0 Å². The second-order valence-corrected chi connectivity index (χ2v) is 4.55. The second-order valence-electron chi connectivity index (χ2n) is 4.14. The van der Waals surface area contributed by atoms with Crippen LogP contribution in [0.15, 0.2) is 42.5 Å². The Bertz CT molecular complexity index is 550. The van der Waals surface area contributed by atoms with Gasteiger partial charge in [0.2, 0.25) is 0 Å². The molecule has 0 aliphatic carbocycles. The van der Waals surface area contributed by atoms with Gasteiger partial charge in [0.25, 0.3) is 0 Å². The van der Waals surface area contributed by atoms with Crippen molar-refractivity contribution < 1.29 is 14.6 Å². The van der Waals surface area contributed by atoms with E-state index in [1.807, 2.05) is 12.1 Å². The Morgan fingerprint density at radius 3 is 2.21 bits per heavy atom. The Morgan fingerprint density at radius 1 is 1.05 bits per heavy atom. The summed E-state index contributed by atoms with van der Waals surface area (Å²) in [5, 5.41) is 9.94. The molecular formula is C15H15ClO3. The molecular weight excluding hydrogens is 264 g/mol. The summed E-state index contributed by atoms with van der Waals surface area (Å²) in [5.74, 6) is 1.99. The predicted octanol–water partition coefficient (Wildman–Crippen LogP) is 4.19. The highest BCUT2D eigenvalue weighted by atomic mass is 35.5. The van der Waals surface area contributed by atoms with E-state index >= 15 is 0 Å². The van der Waals surface area contributed by atoms with Crippen LogP contribution in [-0.2, 0) is 0 Å². The van der Waals surface area contributed by atoms with E-state index in [4.69, 9.17) is 21.1 Å². The first-order chi connectivity index (χ1) is 9.10. The highest BCUT2D eigenvalue weighted by Gasteiger charge is 2.07. The van der Waals surface area contributed by atoms with Crippen LogP contribution in [0.5, 0.6) is 17.2 Å². The molecule has 0 saturated heterocycles. The topological polar surface area (TPSA) is 38.7 Å². The van der Waals surface area contributed by atoms with E-state index in [2.05, 4.69) is 0 Å². The highest BCUT2D eigenvalue weighted by Crippen LogP contribution is 2.32. The molecule has 1 atom stereocenters. The van der Waals surface area contributed by atoms with Crippen molar-refractivity contribution in [2.75, 3.05) is 7.11 Å². The van der Waals surface area contributed by atoms with Gasteiger partial charge in [0.05, 0.1) is 18.2 Å². The maximum absolute atomic E-state index is 9.47. The third kappa shape index (κ3) is 3.40. The Morgan fingerprint density at radius 2 is 1.68 bits per heavy atom. The number of methoxy groups -OCH3 is 1. The molecule has 0 saturated carbocycles. The molecule has 0 bridgehead atoms. The standard InChI is InChI=1S/C15H15ClO3/c1-10(17)11-3-8-15(14(16)9-11)19-13-6-4-12(18-2)5-7-13/h3-10,17H,1-2H3/t10-/m0/s1. The molecule has 0 aliphatic rings. The number of ether oxygens (including phenoxy) is 2.